The minimum absolute atomic E-state index is 0.0271. The number of halogens is 6. The fraction of sp³-hybridized carbons (Fsp3) is 0.318. The second-order valence-electron chi connectivity index (χ2n) is 8.27. The smallest absolute Gasteiger partial charge is 0.387 e. The number of aliphatic hydroxyl groups excluding tert-OH is 1. The lowest BCUT2D eigenvalue weighted by Gasteiger charge is -2.48. The minimum atomic E-state index is -4.99. The standard InChI is InChI=1S/C22H19F6N5O2/c23-21(24,25)16-6-15(7-17(8-16)22(26,27)28)19-30-13-33(31-19)5-3-18(34)32-11-20(35,12-32)9-14-2-1-4-29-10-14/h1-8,10,13,18,34-35H,9,11-12H2/b5-3-. The highest BCUT2D eigenvalue weighted by Gasteiger charge is 2.43. The van der Waals surface area contributed by atoms with Crippen LogP contribution in [0, 0.1) is 0 Å². The summed E-state index contributed by atoms with van der Waals surface area (Å²) in [4.78, 5) is 9.34. The molecule has 1 atom stereocenters. The van der Waals surface area contributed by atoms with Crippen LogP contribution in [0.15, 0.2) is 55.1 Å². The minimum Gasteiger partial charge on any atom is -0.387 e. The quantitative estimate of drug-likeness (QED) is 0.506. The van der Waals surface area contributed by atoms with Gasteiger partial charge in [0.1, 0.15) is 12.6 Å². The number of hydrogen-bond acceptors (Lipinski definition) is 6. The maximum Gasteiger partial charge on any atom is 0.416 e. The first-order valence-electron chi connectivity index (χ1n) is 10.3. The van der Waals surface area contributed by atoms with Gasteiger partial charge in [-0.2, -0.15) is 26.3 Å². The van der Waals surface area contributed by atoms with Gasteiger partial charge in [0.25, 0.3) is 0 Å². The van der Waals surface area contributed by atoms with Crippen molar-refractivity contribution in [3.05, 3.63) is 71.8 Å². The molecule has 0 amide bonds. The van der Waals surface area contributed by atoms with E-state index >= 15 is 0 Å². The molecule has 1 aromatic carbocycles. The summed E-state index contributed by atoms with van der Waals surface area (Å²) >= 11 is 0. The molecule has 35 heavy (non-hydrogen) atoms. The Labute approximate surface area is 195 Å². The number of aromatic nitrogens is 4. The lowest BCUT2D eigenvalue weighted by Crippen LogP contribution is -2.65. The zero-order valence-electron chi connectivity index (χ0n) is 17.9. The van der Waals surface area contributed by atoms with Crippen LogP contribution in [0.1, 0.15) is 16.7 Å². The monoisotopic (exact) mass is 499 g/mol. The molecule has 7 nitrogen and oxygen atoms in total. The highest BCUT2D eigenvalue weighted by atomic mass is 19.4. The molecule has 3 heterocycles. The van der Waals surface area contributed by atoms with Crippen molar-refractivity contribution in [3.63, 3.8) is 0 Å². The van der Waals surface area contributed by atoms with E-state index in [0.717, 1.165) is 16.6 Å². The lowest BCUT2D eigenvalue weighted by atomic mass is 9.87. The number of benzene rings is 1. The van der Waals surface area contributed by atoms with Crippen LogP contribution in [-0.2, 0) is 18.8 Å². The van der Waals surface area contributed by atoms with Gasteiger partial charge in [-0.1, -0.05) is 6.07 Å². The Morgan fingerprint density at radius 2 is 1.71 bits per heavy atom. The Morgan fingerprint density at radius 1 is 1.06 bits per heavy atom. The molecule has 1 fully saturated rings. The van der Waals surface area contributed by atoms with E-state index in [2.05, 4.69) is 15.1 Å². The summed E-state index contributed by atoms with van der Waals surface area (Å²) in [6.07, 6.45) is -3.82. The first kappa shape index (κ1) is 24.8. The largest absolute Gasteiger partial charge is 0.416 e. The van der Waals surface area contributed by atoms with E-state index in [1.165, 1.54) is 12.3 Å². The highest BCUT2D eigenvalue weighted by Crippen LogP contribution is 2.38. The van der Waals surface area contributed by atoms with Crippen LogP contribution in [0.2, 0.25) is 0 Å². The van der Waals surface area contributed by atoms with Crippen molar-refractivity contribution in [3.8, 4) is 11.4 Å². The van der Waals surface area contributed by atoms with E-state index in [9.17, 15) is 36.6 Å². The van der Waals surface area contributed by atoms with Gasteiger partial charge in [0.2, 0.25) is 0 Å². The highest BCUT2D eigenvalue weighted by molar-refractivity contribution is 5.58. The van der Waals surface area contributed by atoms with Crippen LogP contribution in [0.4, 0.5) is 26.3 Å². The van der Waals surface area contributed by atoms with E-state index in [4.69, 9.17) is 0 Å². The summed E-state index contributed by atoms with van der Waals surface area (Å²) in [7, 11) is 0. The average Bonchev–Trinajstić information content (AvgIpc) is 3.24. The molecular weight excluding hydrogens is 480 g/mol. The Kier molecular flexibility index (Phi) is 6.42. The molecule has 186 valence electrons. The van der Waals surface area contributed by atoms with Gasteiger partial charge in [-0.15, -0.1) is 5.10 Å². The van der Waals surface area contributed by atoms with Gasteiger partial charge in [0, 0.05) is 43.7 Å². The summed E-state index contributed by atoms with van der Waals surface area (Å²) in [5.41, 5.74) is -3.58. The lowest BCUT2D eigenvalue weighted by molar-refractivity contribution is -0.145. The van der Waals surface area contributed by atoms with E-state index < -0.39 is 40.9 Å². The predicted octanol–water partition coefficient (Wildman–Crippen LogP) is 3.46. The van der Waals surface area contributed by atoms with Crippen LogP contribution in [0.3, 0.4) is 0 Å². The molecule has 0 spiro atoms. The number of pyridine rings is 1. The van der Waals surface area contributed by atoms with Crippen molar-refractivity contribution in [2.75, 3.05) is 13.1 Å². The zero-order valence-corrected chi connectivity index (χ0v) is 17.9. The molecule has 13 heteroatoms. The van der Waals surface area contributed by atoms with Crippen molar-refractivity contribution in [1.82, 2.24) is 24.6 Å². The van der Waals surface area contributed by atoms with Crippen LogP contribution in [0.25, 0.3) is 17.6 Å². The van der Waals surface area contributed by atoms with E-state index in [1.54, 1.807) is 23.4 Å². The second-order valence-corrected chi connectivity index (χ2v) is 8.27. The number of aliphatic hydroxyl groups is 2. The maximum absolute atomic E-state index is 13.1. The van der Waals surface area contributed by atoms with Crippen molar-refractivity contribution in [1.29, 1.82) is 0 Å². The van der Waals surface area contributed by atoms with E-state index in [0.29, 0.717) is 18.6 Å². The summed E-state index contributed by atoms with van der Waals surface area (Å²) in [6.45, 7) is 0.362. The Hall–Kier alpha value is -3.29. The van der Waals surface area contributed by atoms with Crippen LogP contribution >= 0.6 is 0 Å². The van der Waals surface area contributed by atoms with Crippen LogP contribution in [0.5, 0.6) is 0 Å². The predicted molar refractivity (Wildman–Crippen MR) is 111 cm³/mol. The summed E-state index contributed by atoms with van der Waals surface area (Å²) < 4.78 is 79.5. The molecular formula is C22H19F6N5O2. The number of alkyl halides is 6. The van der Waals surface area contributed by atoms with Gasteiger partial charge in [-0.05, 0) is 35.9 Å². The van der Waals surface area contributed by atoms with Gasteiger partial charge >= 0.3 is 12.4 Å². The Balaban J connectivity index is 1.44. The molecule has 1 aliphatic heterocycles. The molecule has 0 aliphatic carbocycles. The first-order chi connectivity index (χ1) is 16.3. The van der Waals surface area contributed by atoms with Gasteiger partial charge in [-0.3, -0.25) is 9.88 Å². The Morgan fingerprint density at radius 3 is 2.29 bits per heavy atom. The first-order valence-corrected chi connectivity index (χ1v) is 10.3. The SMILES string of the molecule is OC(/C=C\n1cnc(-c2cc(C(F)(F)F)cc(C(F)(F)F)c2)n1)N1CC(O)(Cc2cccnc2)C1. The number of likely N-dealkylation sites (tertiary alicyclic amines) is 1. The third-order valence-corrected chi connectivity index (χ3v) is 5.39. The second kappa shape index (κ2) is 9.06. The number of nitrogens with zero attached hydrogens (tertiary/aromatic N) is 5. The number of β-amino-alcohol motifs (C(OH)–C–C–N with tert-alkyl or cyclic N) is 1. The molecule has 0 saturated carbocycles. The summed E-state index contributed by atoms with van der Waals surface area (Å²) in [5.74, 6) is -0.351. The topological polar surface area (TPSA) is 87.3 Å². The summed E-state index contributed by atoms with van der Waals surface area (Å²) in [5, 5.41) is 24.8. The zero-order chi connectivity index (χ0) is 25.4. The van der Waals surface area contributed by atoms with Crippen molar-refractivity contribution in [2.24, 2.45) is 0 Å². The van der Waals surface area contributed by atoms with Gasteiger partial charge in [0.15, 0.2) is 5.82 Å². The van der Waals surface area contributed by atoms with Crippen molar-refractivity contribution < 1.29 is 36.6 Å². The third-order valence-electron chi connectivity index (χ3n) is 5.39. The molecule has 0 bridgehead atoms. The maximum atomic E-state index is 13.1. The molecule has 4 rings (SSSR count). The molecule has 1 aliphatic rings. The molecule has 2 N–H and O–H groups in total. The molecule has 0 radical (unpaired) electrons. The van der Waals surface area contributed by atoms with Gasteiger partial charge < -0.3 is 10.2 Å². The van der Waals surface area contributed by atoms with Crippen LogP contribution < -0.4 is 0 Å². The van der Waals surface area contributed by atoms with Gasteiger partial charge in [0.05, 0.1) is 16.7 Å². The molecule has 3 aromatic rings. The molecule has 1 unspecified atom stereocenters. The summed E-state index contributed by atoms with van der Waals surface area (Å²) in [6, 6.07) is 4.68. The van der Waals surface area contributed by atoms with Crippen molar-refractivity contribution in [2.45, 2.75) is 30.6 Å². The molecule has 1 saturated heterocycles. The molecule has 2 aromatic heterocycles. The Bertz CT molecular complexity index is 1170. The number of rotatable bonds is 6. The van der Waals surface area contributed by atoms with Crippen LogP contribution in [-0.4, -0.2) is 59.8 Å². The van der Waals surface area contributed by atoms with Gasteiger partial charge in [-0.25, -0.2) is 9.67 Å². The number of hydrogen-bond donors (Lipinski definition) is 2. The van der Waals surface area contributed by atoms with E-state index in [-0.39, 0.29) is 25.0 Å². The average molecular weight is 499 g/mol. The van der Waals surface area contributed by atoms with Crippen molar-refractivity contribution >= 4 is 6.20 Å². The fourth-order valence-electron chi connectivity index (χ4n) is 3.74. The normalized spacial score (nSPS) is 17.5. The van der Waals surface area contributed by atoms with E-state index in [1.807, 2.05) is 6.07 Å². The third kappa shape index (κ3) is 5.86. The fourth-order valence-corrected chi connectivity index (χ4v) is 3.74.